The molecule has 0 fully saturated rings. The van der Waals surface area contributed by atoms with Crippen LogP contribution in [-0.2, 0) is 0 Å². The van der Waals surface area contributed by atoms with Crippen molar-refractivity contribution in [3.63, 3.8) is 0 Å². The molecule has 1 heterocycles. The summed E-state index contributed by atoms with van der Waals surface area (Å²) in [4.78, 5) is 23.4. The summed E-state index contributed by atoms with van der Waals surface area (Å²) < 4.78 is 0. The number of nitrogens with one attached hydrogen (secondary N) is 1. The average molecular weight is 297 g/mol. The van der Waals surface area contributed by atoms with Gasteiger partial charge in [0.15, 0.2) is 0 Å². The van der Waals surface area contributed by atoms with Crippen LogP contribution in [0.2, 0.25) is 0 Å². The maximum Gasteiger partial charge on any atom is 0.348 e. The Labute approximate surface area is 124 Å². The Morgan fingerprint density at radius 2 is 1.76 bits per heavy atom. The number of thiophene rings is 1. The molecular formula is C16H11NO3S. The van der Waals surface area contributed by atoms with Crippen molar-refractivity contribution in [2.24, 2.45) is 0 Å². The predicted octanol–water partition coefficient (Wildman–Crippen LogP) is 3.85. The third kappa shape index (κ3) is 2.64. The van der Waals surface area contributed by atoms with Crippen LogP contribution in [0.25, 0.3) is 10.8 Å². The molecule has 3 aromatic rings. The van der Waals surface area contributed by atoms with Crippen molar-refractivity contribution in [1.29, 1.82) is 0 Å². The number of carbonyl (C=O) groups excluding carboxylic acids is 1. The first-order valence-electron chi connectivity index (χ1n) is 6.26. The van der Waals surface area contributed by atoms with Crippen LogP contribution in [-0.4, -0.2) is 17.0 Å². The van der Waals surface area contributed by atoms with Crippen LogP contribution in [0.4, 0.5) is 5.69 Å². The summed E-state index contributed by atoms with van der Waals surface area (Å²) in [5, 5.41) is 15.3. The highest BCUT2D eigenvalue weighted by Crippen LogP contribution is 2.23. The third-order valence-corrected chi connectivity index (χ3v) is 4.02. The zero-order valence-corrected chi connectivity index (χ0v) is 11.7. The molecule has 0 unspecified atom stereocenters. The van der Waals surface area contributed by atoms with Crippen molar-refractivity contribution >= 4 is 39.7 Å². The van der Waals surface area contributed by atoms with Gasteiger partial charge in [-0.2, -0.15) is 0 Å². The van der Waals surface area contributed by atoms with Crippen LogP contribution in [0, 0.1) is 0 Å². The normalized spacial score (nSPS) is 10.5. The summed E-state index contributed by atoms with van der Waals surface area (Å²) in [6.45, 7) is 0. The van der Waals surface area contributed by atoms with Gasteiger partial charge in [-0.15, -0.1) is 11.3 Å². The topological polar surface area (TPSA) is 66.4 Å². The molecule has 2 N–H and O–H groups in total. The molecule has 104 valence electrons. The molecule has 3 rings (SSSR count). The highest BCUT2D eigenvalue weighted by atomic mass is 32.1. The van der Waals surface area contributed by atoms with Crippen LogP contribution in [0.1, 0.15) is 20.0 Å². The van der Waals surface area contributed by atoms with Gasteiger partial charge >= 0.3 is 5.97 Å². The maximum absolute atomic E-state index is 12.2. The van der Waals surface area contributed by atoms with E-state index in [0.29, 0.717) is 11.3 Å². The van der Waals surface area contributed by atoms with E-state index in [0.717, 1.165) is 22.1 Å². The molecule has 2 aromatic carbocycles. The lowest BCUT2D eigenvalue weighted by Crippen LogP contribution is -2.13. The monoisotopic (exact) mass is 297 g/mol. The fraction of sp³-hybridized carbons (Fsp3) is 0. The summed E-state index contributed by atoms with van der Waals surface area (Å²) in [7, 11) is 0. The number of fused-ring (bicyclic) bond motifs is 1. The van der Waals surface area contributed by atoms with E-state index < -0.39 is 5.97 Å². The summed E-state index contributed by atoms with van der Waals surface area (Å²) in [5.41, 5.74) is 0.821. The molecule has 0 saturated heterocycles. The second kappa shape index (κ2) is 5.38. The molecule has 4 nitrogen and oxygen atoms in total. The van der Waals surface area contributed by atoms with Crippen molar-refractivity contribution in [1.82, 2.24) is 0 Å². The molecule has 0 aliphatic heterocycles. The number of hydrogen-bond donors (Lipinski definition) is 2. The molecular weight excluding hydrogens is 286 g/mol. The number of rotatable bonds is 3. The van der Waals surface area contributed by atoms with Gasteiger partial charge in [0.2, 0.25) is 0 Å². The summed E-state index contributed by atoms with van der Waals surface area (Å²) in [5.74, 6) is -1.36. The van der Waals surface area contributed by atoms with E-state index in [9.17, 15) is 9.59 Å². The molecule has 1 aromatic heterocycles. The van der Waals surface area contributed by atoms with Gasteiger partial charge < -0.3 is 10.4 Å². The number of carboxylic acid groups (broad SMARTS) is 1. The van der Waals surface area contributed by atoms with Crippen molar-refractivity contribution in [2.45, 2.75) is 0 Å². The Kier molecular flexibility index (Phi) is 3.41. The lowest BCUT2D eigenvalue weighted by molar-refractivity contribution is 0.0703. The first-order valence-corrected chi connectivity index (χ1v) is 7.14. The maximum atomic E-state index is 12.2. The van der Waals surface area contributed by atoms with Crippen LogP contribution < -0.4 is 5.32 Å². The molecule has 0 atom stereocenters. The SMILES string of the molecule is O=C(Nc1ccsc1C(=O)O)c1ccc2ccccc2c1. The summed E-state index contributed by atoms with van der Waals surface area (Å²) in [6.07, 6.45) is 0. The largest absolute Gasteiger partial charge is 0.477 e. The third-order valence-electron chi connectivity index (χ3n) is 3.12. The lowest BCUT2D eigenvalue weighted by atomic mass is 10.1. The zero-order valence-electron chi connectivity index (χ0n) is 10.9. The van der Waals surface area contributed by atoms with Gasteiger partial charge in [0.25, 0.3) is 5.91 Å². The van der Waals surface area contributed by atoms with E-state index in [2.05, 4.69) is 5.32 Å². The van der Waals surface area contributed by atoms with Gasteiger partial charge in [0, 0.05) is 5.56 Å². The number of anilines is 1. The Balaban J connectivity index is 1.90. The Hall–Kier alpha value is -2.66. The van der Waals surface area contributed by atoms with E-state index >= 15 is 0 Å². The number of carboxylic acids is 1. The van der Waals surface area contributed by atoms with Gasteiger partial charge in [-0.25, -0.2) is 4.79 Å². The number of aromatic carboxylic acids is 1. The van der Waals surface area contributed by atoms with E-state index in [1.54, 1.807) is 23.6 Å². The molecule has 21 heavy (non-hydrogen) atoms. The van der Waals surface area contributed by atoms with Crippen molar-refractivity contribution in [3.8, 4) is 0 Å². The lowest BCUT2D eigenvalue weighted by Gasteiger charge is -2.06. The van der Waals surface area contributed by atoms with Gasteiger partial charge in [-0.05, 0) is 34.4 Å². The van der Waals surface area contributed by atoms with Gasteiger partial charge in [-0.1, -0.05) is 30.3 Å². The fourth-order valence-electron chi connectivity index (χ4n) is 2.10. The predicted molar refractivity (Wildman–Crippen MR) is 83.2 cm³/mol. The first-order chi connectivity index (χ1) is 10.1. The number of carbonyl (C=O) groups is 2. The first kappa shape index (κ1) is 13.3. The smallest absolute Gasteiger partial charge is 0.348 e. The minimum atomic E-state index is -1.04. The molecule has 0 radical (unpaired) electrons. The van der Waals surface area contributed by atoms with Crippen LogP contribution in [0.5, 0.6) is 0 Å². The van der Waals surface area contributed by atoms with E-state index in [4.69, 9.17) is 5.11 Å². The number of hydrogen-bond acceptors (Lipinski definition) is 3. The highest BCUT2D eigenvalue weighted by molar-refractivity contribution is 7.12. The highest BCUT2D eigenvalue weighted by Gasteiger charge is 2.15. The van der Waals surface area contributed by atoms with E-state index in [1.807, 2.05) is 30.3 Å². The zero-order chi connectivity index (χ0) is 14.8. The van der Waals surface area contributed by atoms with Crippen molar-refractivity contribution < 1.29 is 14.7 Å². The van der Waals surface area contributed by atoms with Gasteiger partial charge in [0.1, 0.15) is 4.88 Å². The molecule has 0 bridgehead atoms. The van der Waals surface area contributed by atoms with E-state index in [-0.39, 0.29) is 10.8 Å². The quantitative estimate of drug-likeness (QED) is 0.771. The minimum absolute atomic E-state index is 0.129. The minimum Gasteiger partial charge on any atom is -0.477 e. The van der Waals surface area contributed by atoms with Crippen LogP contribution in [0.15, 0.2) is 53.9 Å². The standard InChI is InChI=1S/C16H11NO3S/c18-15(17-13-7-8-21-14(13)16(19)20)12-6-5-10-3-1-2-4-11(10)9-12/h1-9H,(H,17,18)(H,19,20). The van der Waals surface area contributed by atoms with Crippen LogP contribution >= 0.6 is 11.3 Å². The second-order valence-electron chi connectivity index (χ2n) is 4.48. The Morgan fingerprint density at radius 3 is 2.52 bits per heavy atom. The molecule has 0 aliphatic carbocycles. The van der Waals surface area contributed by atoms with Crippen LogP contribution in [0.3, 0.4) is 0 Å². The van der Waals surface area contributed by atoms with E-state index in [1.165, 1.54) is 0 Å². The van der Waals surface area contributed by atoms with Gasteiger partial charge in [0.05, 0.1) is 5.69 Å². The molecule has 0 saturated carbocycles. The molecule has 1 amide bonds. The van der Waals surface area contributed by atoms with Crippen molar-refractivity contribution in [3.05, 3.63) is 64.4 Å². The number of amides is 1. The number of benzene rings is 2. The fourth-order valence-corrected chi connectivity index (χ4v) is 2.79. The molecule has 5 heteroatoms. The van der Waals surface area contributed by atoms with Crippen molar-refractivity contribution in [2.75, 3.05) is 5.32 Å². The average Bonchev–Trinajstić information content (AvgIpc) is 2.95. The molecule has 0 aliphatic rings. The Bertz CT molecular complexity index is 838. The Morgan fingerprint density at radius 1 is 1.00 bits per heavy atom. The second-order valence-corrected chi connectivity index (χ2v) is 5.40. The van der Waals surface area contributed by atoms with Gasteiger partial charge in [-0.3, -0.25) is 4.79 Å². The molecule has 0 spiro atoms. The summed E-state index contributed by atoms with van der Waals surface area (Å²) >= 11 is 1.08. The summed E-state index contributed by atoms with van der Waals surface area (Å²) in [6, 6.07) is 14.7.